The van der Waals surface area contributed by atoms with Gasteiger partial charge in [0.15, 0.2) is 0 Å². The molecule has 0 radical (unpaired) electrons. The molecule has 1 atom stereocenters. The minimum Gasteiger partial charge on any atom is -0.332 e. The Kier molecular flexibility index (Phi) is 3.55. The van der Waals surface area contributed by atoms with Crippen LogP contribution in [-0.4, -0.2) is 24.8 Å². The van der Waals surface area contributed by atoms with Crippen molar-refractivity contribution in [2.75, 3.05) is 24.8 Å². The van der Waals surface area contributed by atoms with Crippen LogP contribution < -0.4 is 4.67 Å². The van der Waals surface area contributed by atoms with Crippen molar-refractivity contribution in [1.29, 1.82) is 0 Å². The van der Waals surface area contributed by atoms with Crippen molar-refractivity contribution in [2.24, 2.45) is 0 Å². The standard InChI is InChI=1S/C11H17N2PS/c1-4-13(5-2)14-12(3)10-8-6-7-9-11(10)15-14/h6-9H,4-5H2,1-3H3. The molecule has 0 saturated heterocycles. The second-order valence-electron chi connectivity index (χ2n) is 3.47. The van der Waals surface area contributed by atoms with Gasteiger partial charge < -0.3 is 4.67 Å². The SMILES string of the molecule is CCN(CC)P1Sc2ccccc2N1C. The van der Waals surface area contributed by atoms with Gasteiger partial charge >= 0.3 is 0 Å². The molecule has 0 fully saturated rings. The summed E-state index contributed by atoms with van der Waals surface area (Å²) in [6.07, 6.45) is 0. The maximum Gasteiger partial charge on any atom is 0.136 e. The topological polar surface area (TPSA) is 6.48 Å². The Balaban J connectivity index is 2.22. The molecule has 1 aliphatic rings. The fraction of sp³-hybridized carbons (Fsp3) is 0.455. The fourth-order valence-electron chi connectivity index (χ4n) is 1.76. The molecule has 15 heavy (non-hydrogen) atoms. The van der Waals surface area contributed by atoms with E-state index in [0.29, 0.717) is 0 Å². The van der Waals surface area contributed by atoms with Gasteiger partial charge in [0.05, 0.1) is 5.69 Å². The van der Waals surface area contributed by atoms with Crippen LogP contribution in [0.2, 0.25) is 0 Å². The fourth-order valence-corrected chi connectivity index (χ4v) is 6.56. The summed E-state index contributed by atoms with van der Waals surface area (Å²) in [7, 11) is 2.00. The van der Waals surface area contributed by atoms with E-state index in [9.17, 15) is 0 Å². The zero-order chi connectivity index (χ0) is 10.8. The molecule has 1 unspecified atom stereocenters. The van der Waals surface area contributed by atoms with Crippen molar-refractivity contribution < 1.29 is 0 Å². The Labute approximate surface area is 97.3 Å². The summed E-state index contributed by atoms with van der Waals surface area (Å²) in [6, 6.07) is 8.69. The predicted molar refractivity (Wildman–Crippen MR) is 70.5 cm³/mol. The smallest absolute Gasteiger partial charge is 0.136 e. The number of hydrogen-bond acceptors (Lipinski definition) is 3. The molecule has 0 amide bonds. The highest BCUT2D eigenvalue weighted by Gasteiger charge is 2.30. The lowest BCUT2D eigenvalue weighted by Crippen LogP contribution is -2.22. The lowest BCUT2D eigenvalue weighted by atomic mass is 10.3. The molecular formula is C11H17N2PS. The maximum atomic E-state index is 2.54. The van der Waals surface area contributed by atoms with E-state index in [1.165, 1.54) is 10.6 Å². The van der Waals surface area contributed by atoms with Gasteiger partial charge in [0.1, 0.15) is 7.42 Å². The van der Waals surface area contributed by atoms with E-state index in [-0.39, 0.29) is 7.42 Å². The maximum absolute atomic E-state index is 2.54. The molecule has 0 N–H and O–H groups in total. The first-order valence-electron chi connectivity index (χ1n) is 5.33. The van der Waals surface area contributed by atoms with Crippen LogP contribution in [0.15, 0.2) is 29.2 Å². The van der Waals surface area contributed by atoms with Gasteiger partial charge in [-0.3, -0.25) is 4.67 Å². The second kappa shape index (κ2) is 4.73. The molecule has 1 aliphatic heterocycles. The van der Waals surface area contributed by atoms with Gasteiger partial charge in [0.2, 0.25) is 0 Å². The molecule has 2 nitrogen and oxygen atoms in total. The Morgan fingerprint density at radius 2 is 1.93 bits per heavy atom. The summed E-state index contributed by atoms with van der Waals surface area (Å²) < 4.78 is 4.97. The van der Waals surface area contributed by atoms with Crippen molar-refractivity contribution in [3.05, 3.63) is 24.3 Å². The van der Waals surface area contributed by atoms with E-state index >= 15 is 0 Å². The van der Waals surface area contributed by atoms with Crippen molar-refractivity contribution in [3.63, 3.8) is 0 Å². The molecule has 0 saturated carbocycles. The van der Waals surface area contributed by atoms with Crippen LogP contribution in [0.4, 0.5) is 5.69 Å². The first kappa shape index (κ1) is 11.3. The minimum atomic E-state index is -0.213. The largest absolute Gasteiger partial charge is 0.332 e. The quantitative estimate of drug-likeness (QED) is 0.742. The number of fused-ring (bicyclic) bond motifs is 1. The van der Waals surface area contributed by atoms with Crippen LogP contribution in [0.3, 0.4) is 0 Å². The third kappa shape index (κ3) is 2.01. The van der Waals surface area contributed by atoms with Crippen molar-refractivity contribution in [2.45, 2.75) is 18.7 Å². The zero-order valence-corrected chi connectivity index (χ0v) is 11.2. The molecule has 0 spiro atoms. The molecule has 0 aliphatic carbocycles. The number of para-hydroxylation sites is 1. The van der Waals surface area contributed by atoms with Gasteiger partial charge in [-0.1, -0.05) is 37.4 Å². The number of anilines is 1. The van der Waals surface area contributed by atoms with Gasteiger partial charge in [0.25, 0.3) is 0 Å². The van der Waals surface area contributed by atoms with E-state index in [4.69, 9.17) is 0 Å². The first-order chi connectivity index (χ1) is 7.27. The van der Waals surface area contributed by atoms with Crippen LogP contribution in [-0.2, 0) is 0 Å². The summed E-state index contributed by atoms with van der Waals surface area (Å²) in [5.74, 6) is 0. The molecular weight excluding hydrogens is 223 g/mol. The molecule has 2 rings (SSSR count). The summed E-state index contributed by atoms with van der Waals surface area (Å²) in [5.41, 5.74) is 1.39. The zero-order valence-electron chi connectivity index (χ0n) is 9.47. The summed E-state index contributed by atoms with van der Waals surface area (Å²) in [4.78, 5) is 1.43. The summed E-state index contributed by atoms with van der Waals surface area (Å²) in [5, 5.41) is 0. The lowest BCUT2D eigenvalue weighted by molar-refractivity contribution is 0.512. The monoisotopic (exact) mass is 240 g/mol. The van der Waals surface area contributed by atoms with Gasteiger partial charge in [-0.2, -0.15) is 0 Å². The van der Waals surface area contributed by atoms with E-state index < -0.39 is 0 Å². The molecule has 1 aromatic rings. The minimum absolute atomic E-state index is 0.213. The van der Waals surface area contributed by atoms with Gasteiger partial charge in [-0.25, -0.2) is 0 Å². The Morgan fingerprint density at radius 3 is 2.53 bits per heavy atom. The third-order valence-corrected chi connectivity index (χ3v) is 7.61. The molecule has 82 valence electrons. The van der Waals surface area contributed by atoms with E-state index in [2.05, 4.69) is 54.5 Å². The Morgan fingerprint density at radius 1 is 1.27 bits per heavy atom. The van der Waals surface area contributed by atoms with Crippen molar-refractivity contribution in [1.82, 2.24) is 4.67 Å². The molecule has 1 aromatic carbocycles. The third-order valence-electron chi connectivity index (χ3n) is 2.62. The molecule has 0 bridgehead atoms. The van der Waals surface area contributed by atoms with Gasteiger partial charge in [-0.05, 0) is 12.1 Å². The van der Waals surface area contributed by atoms with Gasteiger partial charge in [-0.15, -0.1) is 0 Å². The second-order valence-corrected chi connectivity index (χ2v) is 7.30. The van der Waals surface area contributed by atoms with E-state index in [0.717, 1.165) is 13.1 Å². The van der Waals surface area contributed by atoms with Crippen molar-refractivity contribution >= 4 is 24.5 Å². The van der Waals surface area contributed by atoms with Crippen LogP contribution in [0.25, 0.3) is 0 Å². The highest BCUT2D eigenvalue weighted by molar-refractivity contribution is 8.56. The average Bonchev–Trinajstić information content (AvgIpc) is 2.60. The normalized spacial score (nSPS) is 19.7. The highest BCUT2D eigenvalue weighted by atomic mass is 32.7. The van der Waals surface area contributed by atoms with Gasteiger partial charge in [0, 0.05) is 25.0 Å². The van der Waals surface area contributed by atoms with Crippen LogP contribution in [0.5, 0.6) is 0 Å². The number of rotatable bonds is 3. The summed E-state index contributed by atoms with van der Waals surface area (Å²) in [6.45, 7) is 6.74. The first-order valence-corrected chi connectivity index (χ1v) is 8.00. The predicted octanol–water partition coefficient (Wildman–Crippen LogP) is 3.80. The summed E-state index contributed by atoms with van der Waals surface area (Å²) >= 11 is 2.02. The van der Waals surface area contributed by atoms with E-state index in [1.807, 2.05) is 11.4 Å². The van der Waals surface area contributed by atoms with Crippen LogP contribution >= 0.6 is 18.8 Å². The average molecular weight is 240 g/mol. The lowest BCUT2D eigenvalue weighted by Gasteiger charge is -2.30. The van der Waals surface area contributed by atoms with Crippen LogP contribution in [0, 0.1) is 0 Å². The van der Waals surface area contributed by atoms with E-state index in [1.54, 1.807) is 0 Å². The Bertz CT molecular complexity index is 341. The number of benzene rings is 1. The van der Waals surface area contributed by atoms with Crippen LogP contribution in [0.1, 0.15) is 13.8 Å². The molecule has 1 heterocycles. The number of hydrogen-bond donors (Lipinski definition) is 0. The van der Waals surface area contributed by atoms with Crippen molar-refractivity contribution in [3.8, 4) is 0 Å². The molecule has 0 aromatic heterocycles. The highest BCUT2D eigenvalue weighted by Crippen LogP contribution is 2.67. The Hall–Kier alpha value is -0.240. The molecule has 4 heteroatoms. The number of nitrogens with zero attached hydrogens (tertiary/aromatic N) is 2.